The number of amides is 1. The Morgan fingerprint density at radius 2 is 1.81 bits per heavy atom. The number of ether oxygens (including phenoxy) is 2. The Morgan fingerprint density at radius 3 is 2.48 bits per heavy atom. The van der Waals surface area contributed by atoms with E-state index in [0.717, 1.165) is 12.1 Å². The van der Waals surface area contributed by atoms with E-state index in [1.807, 2.05) is 12.1 Å². The van der Waals surface area contributed by atoms with Crippen LogP contribution in [0.25, 0.3) is 0 Å². The van der Waals surface area contributed by atoms with Gasteiger partial charge in [-0.2, -0.15) is 13.2 Å². The predicted octanol–water partition coefficient (Wildman–Crippen LogP) is 3.66. The number of alkyl halides is 3. The molecule has 2 aromatic carbocycles. The van der Waals surface area contributed by atoms with Gasteiger partial charge in [-0.3, -0.25) is 4.79 Å². The SMILES string of the molecule is COc1ccccc1OCCN(C)C(=O)CNc1cccc(C(F)(F)F)c1. The maximum Gasteiger partial charge on any atom is 0.416 e. The largest absolute Gasteiger partial charge is 0.493 e. The van der Waals surface area contributed by atoms with E-state index in [2.05, 4.69) is 5.32 Å². The number of halogens is 3. The van der Waals surface area contributed by atoms with Gasteiger partial charge in [0.2, 0.25) is 5.91 Å². The molecule has 1 N–H and O–H groups in total. The lowest BCUT2D eigenvalue weighted by Crippen LogP contribution is -2.35. The summed E-state index contributed by atoms with van der Waals surface area (Å²) in [7, 11) is 3.14. The molecule has 0 aliphatic heterocycles. The van der Waals surface area contributed by atoms with E-state index in [1.165, 1.54) is 24.1 Å². The zero-order chi connectivity index (χ0) is 19.9. The lowest BCUT2D eigenvalue weighted by atomic mass is 10.2. The summed E-state index contributed by atoms with van der Waals surface area (Å²) in [4.78, 5) is 13.6. The fourth-order valence-electron chi connectivity index (χ4n) is 2.27. The van der Waals surface area contributed by atoms with Crippen molar-refractivity contribution in [2.24, 2.45) is 0 Å². The van der Waals surface area contributed by atoms with Gasteiger partial charge in [-0.25, -0.2) is 0 Å². The van der Waals surface area contributed by atoms with E-state index in [-0.39, 0.29) is 24.7 Å². The Morgan fingerprint density at radius 1 is 1.11 bits per heavy atom. The van der Waals surface area contributed by atoms with Gasteiger partial charge in [-0.15, -0.1) is 0 Å². The monoisotopic (exact) mass is 382 g/mol. The molecule has 146 valence electrons. The molecule has 2 rings (SSSR count). The second kappa shape index (κ2) is 9.16. The van der Waals surface area contributed by atoms with Crippen LogP contribution in [0.3, 0.4) is 0 Å². The van der Waals surface area contributed by atoms with Gasteiger partial charge >= 0.3 is 6.18 Å². The van der Waals surface area contributed by atoms with Gasteiger partial charge in [0.1, 0.15) is 6.61 Å². The molecule has 0 fully saturated rings. The maximum absolute atomic E-state index is 12.7. The first-order valence-electron chi connectivity index (χ1n) is 8.22. The van der Waals surface area contributed by atoms with Crippen LogP contribution in [0.5, 0.6) is 11.5 Å². The highest BCUT2D eigenvalue weighted by molar-refractivity contribution is 5.80. The summed E-state index contributed by atoms with van der Waals surface area (Å²) in [6.07, 6.45) is -4.42. The molecule has 0 saturated carbocycles. The summed E-state index contributed by atoms with van der Waals surface area (Å²) in [5.41, 5.74) is -0.532. The van der Waals surface area contributed by atoms with E-state index in [1.54, 1.807) is 19.2 Å². The van der Waals surface area contributed by atoms with Crippen molar-refractivity contribution < 1.29 is 27.4 Å². The molecule has 0 bridgehead atoms. The van der Waals surface area contributed by atoms with Crippen molar-refractivity contribution in [3.63, 3.8) is 0 Å². The van der Waals surface area contributed by atoms with E-state index in [9.17, 15) is 18.0 Å². The van der Waals surface area contributed by atoms with Gasteiger partial charge in [-0.05, 0) is 30.3 Å². The molecular weight excluding hydrogens is 361 g/mol. The van der Waals surface area contributed by atoms with Crippen molar-refractivity contribution in [3.8, 4) is 11.5 Å². The fourth-order valence-corrected chi connectivity index (χ4v) is 2.27. The standard InChI is InChI=1S/C19H21F3N2O3/c1-24(10-11-27-17-9-4-3-8-16(17)26-2)18(25)13-23-15-7-5-6-14(12-15)19(20,21)22/h3-9,12,23H,10-11,13H2,1-2H3. The van der Waals surface area contributed by atoms with Crippen LogP contribution in [-0.4, -0.2) is 44.7 Å². The van der Waals surface area contributed by atoms with Crippen LogP contribution in [0.2, 0.25) is 0 Å². The Labute approximate surface area is 155 Å². The highest BCUT2D eigenvalue weighted by atomic mass is 19.4. The van der Waals surface area contributed by atoms with Crippen molar-refractivity contribution in [1.29, 1.82) is 0 Å². The zero-order valence-electron chi connectivity index (χ0n) is 15.0. The minimum atomic E-state index is -4.42. The molecule has 0 aliphatic carbocycles. The van der Waals surface area contributed by atoms with Crippen molar-refractivity contribution in [2.75, 3.05) is 39.2 Å². The van der Waals surface area contributed by atoms with Crippen LogP contribution >= 0.6 is 0 Å². The van der Waals surface area contributed by atoms with E-state index in [0.29, 0.717) is 18.0 Å². The number of anilines is 1. The third-order valence-corrected chi connectivity index (χ3v) is 3.81. The van der Waals surface area contributed by atoms with Crippen LogP contribution in [0.15, 0.2) is 48.5 Å². The highest BCUT2D eigenvalue weighted by Crippen LogP contribution is 2.30. The van der Waals surface area contributed by atoms with Crippen LogP contribution in [0.4, 0.5) is 18.9 Å². The van der Waals surface area contributed by atoms with Gasteiger partial charge in [0.15, 0.2) is 11.5 Å². The van der Waals surface area contributed by atoms with E-state index >= 15 is 0 Å². The van der Waals surface area contributed by atoms with Gasteiger partial charge in [0.25, 0.3) is 0 Å². The molecule has 2 aromatic rings. The molecule has 5 nitrogen and oxygen atoms in total. The van der Waals surface area contributed by atoms with Crippen molar-refractivity contribution >= 4 is 11.6 Å². The predicted molar refractivity (Wildman–Crippen MR) is 96.1 cm³/mol. The number of methoxy groups -OCH3 is 1. The first kappa shape index (κ1) is 20.4. The minimum Gasteiger partial charge on any atom is -0.493 e. The van der Waals surface area contributed by atoms with E-state index in [4.69, 9.17) is 9.47 Å². The minimum absolute atomic E-state index is 0.119. The number of para-hydroxylation sites is 2. The molecule has 0 spiro atoms. The summed E-state index contributed by atoms with van der Waals surface area (Å²) in [5, 5.41) is 2.71. The Balaban J connectivity index is 1.80. The first-order chi connectivity index (χ1) is 12.8. The Kier molecular flexibility index (Phi) is 6.92. The van der Waals surface area contributed by atoms with Crippen LogP contribution in [0.1, 0.15) is 5.56 Å². The first-order valence-corrected chi connectivity index (χ1v) is 8.22. The van der Waals surface area contributed by atoms with Crippen LogP contribution < -0.4 is 14.8 Å². The molecule has 0 heterocycles. The summed E-state index contributed by atoms with van der Waals surface area (Å²) in [6.45, 7) is 0.458. The molecule has 0 radical (unpaired) electrons. The molecule has 0 unspecified atom stereocenters. The molecular formula is C19H21F3N2O3. The summed E-state index contributed by atoms with van der Waals surface area (Å²) >= 11 is 0. The average molecular weight is 382 g/mol. The van der Waals surface area contributed by atoms with Crippen molar-refractivity contribution in [2.45, 2.75) is 6.18 Å². The number of carbonyl (C=O) groups is 1. The Hall–Kier alpha value is -2.90. The molecule has 27 heavy (non-hydrogen) atoms. The smallest absolute Gasteiger partial charge is 0.416 e. The van der Waals surface area contributed by atoms with Crippen molar-refractivity contribution in [3.05, 3.63) is 54.1 Å². The third-order valence-electron chi connectivity index (χ3n) is 3.81. The second-order valence-corrected chi connectivity index (χ2v) is 5.75. The average Bonchev–Trinajstić information content (AvgIpc) is 2.66. The van der Waals surface area contributed by atoms with Gasteiger partial charge < -0.3 is 19.7 Å². The molecule has 0 saturated heterocycles. The van der Waals surface area contributed by atoms with Crippen molar-refractivity contribution in [1.82, 2.24) is 4.90 Å². The summed E-state index contributed by atoms with van der Waals surface area (Å²) in [6, 6.07) is 11.9. The van der Waals surface area contributed by atoms with E-state index < -0.39 is 11.7 Å². The topological polar surface area (TPSA) is 50.8 Å². The number of hydrogen-bond acceptors (Lipinski definition) is 4. The second-order valence-electron chi connectivity index (χ2n) is 5.75. The molecule has 0 aliphatic rings. The molecule has 0 atom stereocenters. The Bertz CT molecular complexity index is 766. The van der Waals surface area contributed by atoms with Crippen LogP contribution in [0, 0.1) is 0 Å². The quantitative estimate of drug-likeness (QED) is 0.757. The molecule has 0 aromatic heterocycles. The molecule has 1 amide bonds. The lowest BCUT2D eigenvalue weighted by molar-refractivity contribution is -0.137. The molecule has 8 heteroatoms. The van der Waals surface area contributed by atoms with Crippen LogP contribution in [-0.2, 0) is 11.0 Å². The summed E-state index contributed by atoms with van der Waals surface area (Å²) in [5.74, 6) is 0.900. The number of likely N-dealkylation sites (N-methyl/N-ethyl adjacent to an activating group) is 1. The number of nitrogens with one attached hydrogen (secondary N) is 1. The van der Waals surface area contributed by atoms with Gasteiger partial charge in [0, 0.05) is 12.7 Å². The van der Waals surface area contributed by atoms with Gasteiger partial charge in [-0.1, -0.05) is 18.2 Å². The maximum atomic E-state index is 12.7. The third kappa shape index (κ3) is 6.09. The fraction of sp³-hybridized carbons (Fsp3) is 0.316. The number of rotatable bonds is 8. The zero-order valence-corrected chi connectivity index (χ0v) is 15.0. The number of carbonyl (C=O) groups excluding carboxylic acids is 1. The number of nitrogens with zero attached hydrogens (tertiary/aromatic N) is 1. The highest BCUT2D eigenvalue weighted by Gasteiger charge is 2.30. The number of hydrogen-bond donors (Lipinski definition) is 1. The lowest BCUT2D eigenvalue weighted by Gasteiger charge is -2.19. The summed E-state index contributed by atoms with van der Waals surface area (Å²) < 4.78 is 48.9. The number of benzene rings is 2. The normalized spacial score (nSPS) is 11.0. The van der Waals surface area contributed by atoms with Gasteiger partial charge in [0.05, 0.1) is 25.8 Å².